The monoisotopic (exact) mass is 266 g/mol. The molecule has 5 heteroatoms. The van der Waals surface area contributed by atoms with Crippen LogP contribution in [0.5, 0.6) is 0 Å². The van der Waals surface area contributed by atoms with Gasteiger partial charge in [-0.1, -0.05) is 19.0 Å². The third-order valence-electron chi connectivity index (χ3n) is 3.54. The van der Waals surface area contributed by atoms with E-state index in [9.17, 15) is 0 Å². The zero-order valence-corrected chi connectivity index (χ0v) is 12.4. The highest BCUT2D eigenvalue weighted by Crippen LogP contribution is 2.10. The molecule has 1 unspecified atom stereocenters. The summed E-state index contributed by atoms with van der Waals surface area (Å²) in [6, 6.07) is 0.620. The van der Waals surface area contributed by atoms with Crippen LogP contribution in [0.4, 0.5) is 0 Å². The van der Waals surface area contributed by atoms with Gasteiger partial charge >= 0.3 is 0 Å². The molecule has 2 heterocycles. The van der Waals surface area contributed by atoms with Crippen molar-refractivity contribution in [1.29, 1.82) is 0 Å². The summed E-state index contributed by atoms with van der Waals surface area (Å²) in [5.41, 5.74) is 0. The number of aryl methyl sites for hydroxylation is 1. The van der Waals surface area contributed by atoms with Crippen LogP contribution in [0.2, 0.25) is 0 Å². The fourth-order valence-electron chi connectivity index (χ4n) is 2.71. The minimum absolute atomic E-state index is 0.620. The Labute approximate surface area is 115 Å². The van der Waals surface area contributed by atoms with Gasteiger partial charge in [-0.15, -0.1) is 0 Å². The fourth-order valence-corrected chi connectivity index (χ4v) is 2.71. The van der Waals surface area contributed by atoms with E-state index in [1.807, 2.05) is 6.92 Å². The summed E-state index contributed by atoms with van der Waals surface area (Å²) in [6.07, 6.45) is 3.35. The highest BCUT2D eigenvalue weighted by Gasteiger charge is 2.18. The molecule has 0 radical (unpaired) electrons. The Hall–Kier alpha value is -0.940. The maximum Gasteiger partial charge on any atom is 0.223 e. The molecule has 1 aliphatic heterocycles. The second kappa shape index (κ2) is 7.01. The molecule has 0 amide bonds. The predicted octanol–water partition coefficient (Wildman–Crippen LogP) is 1.63. The lowest BCUT2D eigenvalue weighted by Gasteiger charge is -2.25. The number of hydrogen-bond donors (Lipinski definition) is 1. The van der Waals surface area contributed by atoms with Gasteiger partial charge in [0.15, 0.2) is 5.82 Å². The van der Waals surface area contributed by atoms with Crippen molar-refractivity contribution in [3.05, 3.63) is 11.7 Å². The number of nitrogens with one attached hydrogen (secondary N) is 1. The molecule has 19 heavy (non-hydrogen) atoms. The largest absolute Gasteiger partial charge is 0.340 e. The molecule has 1 fully saturated rings. The molecular weight excluding hydrogens is 240 g/mol. The lowest BCUT2D eigenvalue weighted by molar-refractivity contribution is 0.255. The van der Waals surface area contributed by atoms with Crippen molar-refractivity contribution in [3.63, 3.8) is 0 Å². The van der Waals surface area contributed by atoms with Crippen molar-refractivity contribution in [2.75, 3.05) is 26.2 Å². The average Bonchev–Trinajstić information content (AvgIpc) is 2.63. The Morgan fingerprint density at radius 2 is 2.32 bits per heavy atom. The smallest absolute Gasteiger partial charge is 0.223 e. The van der Waals surface area contributed by atoms with Crippen LogP contribution in [0.1, 0.15) is 38.4 Å². The van der Waals surface area contributed by atoms with Crippen LogP contribution < -0.4 is 5.32 Å². The number of rotatable bonds is 5. The summed E-state index contributed by atoms with van der Waals surface area (Å²) in [4.78, 5) is 6.79. The van der Waals surface area contributed by atoms with Gasteiger partial charge in [0.2, 0.25) is 5.89 Å². The first-order chi connectivity index (χ1) is 9.13. The van der Waals surface area contributed by atoms with Gasteiger partial charge in [0.05, 0.1) is 0 Å². The molecule has 1 aromatic rings. The number of nitrogens with zero attached hydrogens (tertiary/aromatic N) is 3. The van der Waals surface area contributed by atoms with Gasteiger partial charge in [0, 0.05) is 32.5 Å². The summed E-state index contributed by atoms with van der Waals surface area (Å²) in [6.45, 7) is 10.9. The van der Waals surface area contributed by atoms with Gasteiger partial charge in [0.25, 0.3) is 0 Å². The first kappa shape index (κ1) is 14.5. The molecule has 0 bridgehead atoms. The van der Waals surface area contributed by atoms with Crippen LogP contribution in [0.15, 0.2) is 4.52 Å². The van der Waals surface area contributed by atoms with Gasteiger partial charge in [-0.3, -0.25) is 0 Å². The third kappa shape index (κ3) is 4.91. The number of aromatic nitrogens is 2. The van der Waals surface area contributed by atoms with Crippen LogP contribution in [0, 0.1) is 12.8 Å². The minimum Gasteiger partial charge on any atom is -0.340 e. The van der Waals surface area contributed by atoms with E-state index < -0.39 is 0 Å². The molecule has 108 valence electrons. The van der Waals surface area contributed by atoms with Crippen molar-refractivity contribution >= 4 is 0 Å². The van der Waals surface area contributed by atoms with Gasteiger partial charge in [-0.2, -0.15) is 4.98 Å². The molecule has 2 rings (SSSR count). The van der Waals surface area contributed by atoms with Crippen LogP contribution in [0.25, 0.3) is 0 Å². The molecule has 5 nitrogen and oxygen atoms in total. The Kier molecular flexibility index (Phi) is 5.34. The highest BCUT2D eigenvalue weighted by molar-refractivity contribution is 4.86. The second-order valence-corrected chi connectivity index (χ2v) is 5.91. The van der Waals surface area contributed by atoms with E-state index in [0.717, 1.165) is 37.8 Å². The first-order valence-electron chi connectivity index (χ1n) is 7.38. The van der Waals surface area contributed by atoms with Gasteiger partial charge in [0.1, 0.15) is 0 Å². The van der Waals surface area contributed by atoms with Crippen LogP contribution in [0.3, 0.4) is 0 Å². The van der Waals surface area contributed by atoms with E-state index in [0.29, 0.717) is 11.9 Å². The van der Waals surface area contributed by atoms with Crippen molar-refractivity contribution in [2.45, 2.75) is 46.1 Å². The maximum atomic E-state index is 5.01. The van der Waals surface area contributed by atoms with Gasteiger partial charge in [-0.25, -0.2) is 0 Å². The average molecular weight is 266 g/mol. The Bertz CT molecular complexity index is 377. The van der Waals surface area contributed by atoms with E-state index in [-0.39, 0.29) is 0 Å². The van der Waals surface area contributed by atoms with E-state index in [1.165, 1.54) is 19.4 Å². The van der Waals surface area contributed by atoms with Crippen molar-refractivity contribution in [3.8, 4) is 0 Å². The van der Waals surface area contributed by atoms with Crippen LogP contribution in [-0.2, 0) is 6.42 Å². The summed E-state index contributed by atoms with van der Waals surface area (Å²) >= 11 is 0. The summed E-state index contributed by atoms with van der Waals surface area (Å²) in [5.74, 6) is 2.23. The molecule has 0 aromatic carbocycles. The van der Waals surface area contributed by atoms with E-state index in [2.05, 4.69) is 34.2 Å². The molecule has 0 saturated carbocycles. The standard InChI is InChI=1S/C14H26N4O/c1-11(2)9-13-10-18(7-4-6-15-13)8-5-14-16-12(3)19-17-14/h11,13,15H,4-10H2,1-3H3. The Morgan fingerprint density at radius 1 is 1.47 bits per heavy atom. The molecule has 1 aromatic heterocycles. The maximum absolute atomic E-state index is 5.01. The zero-order valence-electron chi connectivity index (χ0n) is 12.4. The molecule has 1 atom stereocenters. The normalized spacial score (nSPS) is 21.8. The van der Waals surface area contributed by atoms with E-state index in [4.69, 9.17) is 4.52 Å². The molecule has 1 saturated heterocycles. The molecule has 1 N–H and O–H groups in total. The third-order valence-corrected chi connectivity index (χ3v) is 3.54. The fraction of sp³-hybridized carbons (Fsp3) is 0.857. The van der Waals surface area contributed by atoms with E-state index in [1.54, 1.807) is 0 Å². The summed E-state index contributed by atoms with van der Waals surface area (Å²) in [5, 5.41) is 7.62. The first-order valence-corrected chi connectivity index (χ1v) is 7.38. The van der Waals surface area contributed by atoms with Crippen molar-refractivity contribution in [1.82, 2.24) is 20.4 Å². The zero-order chi connectivity index (χ0) is 13.7. The topological polar surface area (TPSA) is 54.2 Å². The SMILES string of the molecule is Cc1nc(CCN2CCCNC(CC(C)C)C2)no1. The highest BCUT2D eigenvalue weighted by atomic mass is 16.5. The summed E-state index contributed by atoms with van der Waals surface area (Å²) < 4.78 is 5.01. The van der Waals surface area contributed by atoms with Gasteiger partial charge in [-0.05, 0) is 31.8 Å². The molecule has 0 spiro atoms. The lowest BCUT2D eigenvalue weighted by Crippen LogP contribution is -2.39. The minimum atomic E-state index is 0.620. The predicted molar refractivity (Wildman–Crippen MR) is 75.0 cm³/mol. The quantitative estimate of drug-likeness (QED) is 0.878. The van der Waals surface area contributed by atoms with Crippen molar-refractivity contribution < 1.29 is 4.52 Å². The molecular formula is C14H26N4O. The molecule has 0 aliphatic carbocycles. The van der Waals surface area contributed by atoms with E-state index >= 15 is 0 Å². The van der Waals surface area contributed by atoms with Crippen LogP contribution in [-0.4, -0.2) is 47.3 Å². The molecule has 1 aliphatic rings. The van der Waals surface area contributed by atoms with Crippen molar-refractivity contribution in [2.24, 2.45) is 5.92 Å². The lowest BCUT2D eigenvalue weighted by atomic mass is 10.0. The summed E-state index contributed by atoms with van der Waals surface area (Å²) in [7, 11) is 0. The van der Waals surface area contributed by atoms with Gasteiger partial charge < -0.3 is 14.7 Å². The Balaban J connectivity index is 1.81. The second-order valence-electron chi connectivity index (χ2n) is 5.91. The number of hydrogen-bond acceptors (Lipinski definition) is 5. The van der Waals surface area contributed by atoms with Crippen LogP contribution >= 0.6 is 0 Å². The Morgan fingerprint density at radius 3 is 3.00 bits per heavy atom.